The first-order valence-corrected chi connectivity index (χ1v) is 11.5. The van der Waals surface area contributed by atoms with Gasteiger partial charge in [-0.1, -0.05) is 27.2 Å². The Hall–Kier alpha value is -3.83. The number of aromatic nitrogens is 3. The number of piperazine rings is 1. The zero-order chi connectivity index (χ0) is 26.6. The summed E-state index contributed by atoms with van der Waals surface area (Å²) in [6.07, 6.45) is -0.975. The Kier molecular flexibility index (Phi) is 8.06. The van der Waals surface area contributed by atoms with E-state index in [-0.39, 0.29) is 19.6 Å². The molecule has 36 heavy (non-hydrogen) atoms. The van der Waals surface area contributed by atoms with Crippen molar-refractivity contribution in [2.24, 2.45) is 0 Å². The van der Waals surface area contributed by atoms with E-state index in [1.54, 1.807) is 12.1 Å². The number of carbonyl (C=O) groups excluding carboxylic acids is 2. The van der Waals surface area contributed by atoms with Crippen molar-refractivity contribution in [2.45, 2.75) is 39.8 Å². The Morgan fingerprint density at radius 2 is 1.94 bits per heavy atom. The molecule has 0 atom stereocenters. The maximum atomic E-state index is 13.6. The monoisotopic (exact) mass is 507 g/mol. The maximum absolute atomic E-state index is 13.6. The van der Waals surface area contributed by atoms with Crippen molar-refractivity contribution in [1.29, 1.82) is 0 Å². The van der Waals surface area contributed by atoms with Gasteiger partial charge < -0.3 is 14.7 Å². The van der Waals surface area contributed by atoms with E-state index in [4.69, 9.17) is 4.74 Å². The lowest BCUT2D eigenvalue weighted by Crippen LogP contribution is -2.52. The second-order valence-corrected chi connectivity index (χ2v) is 7.82. The normalized spacial score (nSPS) is 14.0. The number of aryl methyl sites for hydroxylation is 1. The molecule has 0 spiro atoms. The summed E-state index contributed by atoms with van der Waals surface area (Å²) in [5, 5.41) is 10.6. The van der Waals surface area contributed by atoms with Crippen molar-refractivity contribution >= 4 is 23.3 Å². The summed E-state index contributed by atoms with van der Waals surface area (Å²) >= 11 is 0. The summed E-state index contributed by atoms with van der Waals surface area (Å²) in [7, 11) is 1.49. The molecule has 1 fully saturated rings. The van der Waals surface area contributed by atoms with Gasteiger partial charge in [-0.25, -0.2) is 9.97 Å². The molecule has 0 radical (unpaired) electrons. The van der Waals surface area contributed by atoms with Gasteiger partial charge in [0.15, 0.2) is 11.3 Å². The molecule has 12 heteroatoms. The molecule has 2 amide bonds. The van der Waals surface area contributed by atoms with Crippen LogP contribution in [0, 0.1) is 0 Å². The number of nitrogens with zero attached hydrogens (tertiary/aromatic N) is 5. The molecular formula is C24H28F3N5O4. The Balaban J connectivity index is 0.00000176. The van der Waals surface area contributed by atoms with Crippen LogP contribution < -0.4 is 9.64 Å². The van der Waals surface area contributed by atoms with Crippen molar-refractivity contribution in [1.82, 2.24) is 19.3 Å². The third kappa shape index (κ3) is 5.21. The minimum absolute atomic E-state index is 0.0821. The standard InChI is InChI=1S/C22H22F3N5O4.C2H6/c1-3-4-13-9-15(22(23,24)25)19-27-18(21(33)30(19)11-13)20(32)28-7-8-29(17(31)12-28)16-6-5-14(34-2)10-26-16;1-2/h5-6,9-11,33H,3-4,7-8,12H2,1-2H3;1-2H3. The van der Waals surface area contributed by atoms with E-state index < -0.39 is 40.8 Å². The fraction of sp³-hybridized carbons (Fsp3) is 0.417. The van der Waals surface area contributed by atoms with Crippen LogP contribution in [-0.4, -0.2) is 62.9 Å². The molecule has 0 saturated carbocycles. The van der Waals surface area contributed by atoms with E-state index in [1.807, 2.05) is 20.8 Å². The van der Waals surface area contributed by atoms with Crippen LogP contribution >= 0.6 is 0 Å². The van der Waals surface area contributed by atoms with Gasteiger partial charge in [0, 0.05) is 19.3 Å². The number of ether oxygens (including phenoxy) is 1. The summed E-state index contributed by atoms with van der Waals surface area (Å²) in [5.41, 5.74) is -1.80. The Morgan fingerprint density at radius 1 is 1.22 bits per heavy atom. The van der Waals surface area contributed by atoms with Gasteiger partial charge in [0.05, 0.1) is 18.9 Å². The molecule has 0 aromatic carbocycles. The van der Waals surface area contributed by atoms with Crippen molar-refractivity contribution in [3.8, 4) is 11.6 Å². The van der Waals surface area contributed by atoms with E-state index >= 15 is 0 Å². The molecular weight excluding hydrogens is 479 g/mol. The van der Waals surface area contributed by atoms with E-state index in [0.717, 1.165) is 15.4 Å². The quantitative estimate of drug-likeness (QED) is 0.562. The highest BCUT2D eigenvalue weighted by molar-refractivity contribution is 6.01. The second-order valence-electron chi connectivity index (χ2n) is 7.82. The van der Waals surface area contributed by atoms with Gasteiger partial charge in [-0.15, -0.1) is 0 Å². The van der Waals surface area contributed by atoms with E-state index in [1.165, 1.54) is 24.4 Å². The summed E-state index contributed by atoms with van der Waals surface area (Å²) in [6.45, 7) is 5.68. The van der Waals surface area contributed by atoms with Gasteiger partial charge >= 0.3 is 6.18 Å². The number of hydrogen-bond acceptors (Lipinski definition) is 6. The number of imidazole rings is 1. The van der Waals surface area contributed by atoms with Gasteiger partial charge in [-0.05, 0) is 30.2 Å². The highest BCUT2D eigenvalue weighted by atomic mass is 19.4. The number of anilines is 1. The van der Waals surface area contributed by atoms with Gasteiger partial charge in [0.1, 0.15) is 18.1 Å². The van der Waals surface area contributed by atoms with Crippen LogP contribution in [0.4, 0.5) is 19.0 Å². The minimum atomic E-state index is -4.73. The highest BCUT2D eigenvalue weighted by Gasteiger charge is 2.37. The average Bonchev–Trinajstić information content (AvgIpc) is 3.20. The Bertz CT molecular complexity index is 1240. The van der Waals surface area contributed by atoms with Crippen molar-refractivity contribution < 1.29 is 32.6 Å². The number of amides is 2. The molecule has 9 nitrogen and oxygen atoms in total. The number of halogens is 3. The van der Waals surface area contributed by atoms with Crippen LogP contribution in [0.1, 0.15) is 48.8 Å². The number of rotatable bonds is 5. The van der Waals surface area contributed by atoms with Crippen LogP contribution in [0.25, 0.3) is 5.65 Å². The molecule has 0 aliphatic carbocycles. The maximum Gasteiger partial charge on any atom is 0.419 e. The van der Waals surface area contributed by atoms with Crippen LogP contribution in [0.15, 0.2) is 30.6 Å². The average molecular weight is 508 g/mol. The van der Waals surface area contributed by atoms with E-state index in [0.29, 0.717) is 30.0 Å². The van der Waals surface area contributed by atoms with Crippen LogP contribution in [0.3, 0.4) is 0 Å². The first-order valence-electron chi connectivity index (χ1n) is 11.5. The van der Waals surface area contributed by atoms with Gasteiger partial charge in [0.25, 0.3) is 5.91 Å². The lowest BCUT2D eigenvalue weighted by atomic mass is 10.1. The molecule has 1 N–H and O–H groups in total. The number of aromatic hydroxyl groups is 1. The highest BCUT2D eigenvalue weighted by Crippen LogP contribution is 2.35. The van der Waals surface area contributed by atoms with Crippen LogP contribution in [-0.2, 0) is 17.4 Å². The number of methoxy groups -OCH3 is 1. The second kappa shape index (κ2) is 10.8. The fourth-order valence-electron chi connectivity index (χ4n) is 3.86. The van der Waals surface area contributed by atoms with Gasteiger partial charge in [-0.2, -0.15) is 13.2 Å². The third-order valence-corrected chi connectivity index (χ3v) is 5.54. The molecule has 0 bridgehead atoms. The van der Waals surface area contributed by atoms with Gasteiger partial charge in [-0.3, -0.25) is 18.9 Å². The molecule has 4 rings (SSSR count). The number of carbonyl (C=O) groups is 2. The smallest absolute Gasteiger partial charge is 0.419 e. The fourth-order valence-corrected chi connectivity index (χ4v) is 3.86. The molecule has 3 aromatic rings. The topological polar surface area (TPSA) is 100 Å². The largest absolute Gasteiger partial charge is 0.495 e. The molecule has 3 aromatic heterocycles. The van der Waals surface area contributed by atoms with Crippen molar-refractivity contribution in [3.05, 3.63) is 47.4 Å². The lowest BCUT2D eigenvalue weighted by Gasteiger charge is -2.33. The Morgan fingerprint density at radius 3 is 2.50 bits per heavy atom. The number of fused-ring (bicyclic) bond motifs is 1. The van der Waals surface area contributed by atoms with Crippen molar-refractivity contribution in [2.75, 3.05) is 31.6 Å². The number of alkyl halides is 3. The summed E-state index contributed by atoms with van der Waals surface area (Å²) in [6, 6.07) is 4.23. The molecule has 0 unspecified atom stereocenters. The molecule has 1 saturated heterocycles. The lowest BCUT2D eigenvalue weighted by molar-refractivity contribution is -0.136. The summed E-state index contributed by atoms with van der Waals surface area (Å²) in [4.78, 5) is 36.2. The van der Waals surface area contributed by atoms with E-state index in [9.17, 15) is 27.9 Å². The predicted molar refractivity (Wildman–Crippen MR) is 126 cm³/mol. The number of hydrogen-bond donors (Lipinski definition) is 1. The first-order chi connectivity index (χ1) is 17.1. The molecule has 1 aliphatic heterocycles. The summed E-state index contributed by atoms with van der Waals surface area (Å²) in [5.74, 6) is -1.06. The summed E-state index contributed by atoms with van der Waals surface area (Å²) < 4.78 is 46.9. The first kappa shape index (κ1) is 26.8. The van der Waals surface area contributed by atoms with Gasteiger partial charge in [0.2, 0.25) is 11.8 Å². The SMILES string of the molecule is CC.CCCc1cc(C(F)(F)F)c2nc(C(=O)N3CCN(c4ccc(OC)cn4)C(=O)C3)c(O)n2c1. The molecule has 1 aliphatic rings. The van der Waals surface area contributed by atoms with E-state index in [2.05, 4.69) is 9.97 Å². The number of pyridine rings is 2. The Labute approximate surface area is 206 Å². The molecule has 4 heterocycles. The third-order valence-electron chi connectivity index (χ3n) is 5.54. The zero-order valence-corrected chi connectivity index (χ0v) is 20.5. The molecule has 194 valence electrons. The van der Waals surface area contributed by atoms with Crippen LogP contribution in [0.5, 0.6) is 11.6 Å². The zero-order valence-electron chi connectivity index (χ0n) is 20.5. The predicted octanol–water partition coefficient (Wildman–Crippen LogP) is 3.93. The minimum Gasteiger partial charge on any atom is -0.495 e. The van der Waals surface area contributed by atoms with Crippen molar-refractivity contribution in [3.63, 3.8) is 0 Å². The van der Waals surface area contributed by atoms with Crippen LogP contribution in [0.2, 0.25) is 0 Å².